The number of carbonyl (C=O) groups is 1. The Morgan fingerprint density at radius 1 is 1.36 bits per heavy atom. The highest BCUT2D eigenvalue weighted by molar-refractivity contribution is 5.72. The number of nitrogens with one attached hydrogen (secondary N) is 1. The van der Waals surface area contributed by atoms with Crippen LogP contribution in [0.2, 0.25) is 0 Å². The molecule has 0 aliphatic carbocycles. The van der Waals surface area contributed by atoms with Crippen molar-refractivity contribution in [1.29, 1.82) is 0 Å². The van der Waals surface area contributed by atoms with Crippen LogP contribution in [0.5, 0.6) is 0 Å². The Morgan fingerprint density at radius 3 is 2.36 bits per heavy atom. The van der Waals surface area contributed by atoms with Crippen molar-refractivity contribution >= 4 is 5.97 Å². The van der Waals surface area contributed by atoms with Crippen LogP contribution in [-0.4, -0.2) is 23.2 Å². The summed E-state index contributed by atoms with van der Waals surface area (Å²) in [6.07, 6.45) is 3.58. The van der Waals surface area contributed by atoms with Gasteiger partial charge in [-0.3, -0.25) is 4.79 Å². The predicted octanol–water partition coefficient (Wildman–Crippen LogP) is 2.26. The lowest BCUT2D eigenvalue weighted by Crippen LogP contribution is -2.42. The molecule has 0 spiro atoms. The predicted molar refractivity (Wildman–Crippen MR) is 58.4 cm³/mol. The summed E-state index contributed by atoms with van der Waals surface area (Å²) in [7, 11) is 0. The summed E-state index contributed by atoms with van der Waals surface area (Å²) in [6, 6.07) is -0.179. The van der Waals surface area contributed by atoms with E-state index >= 15 is 0 Å². The molecule has 0 bridgehead atoms. The molecule has 0 radical (unpaired) electrons. The van der Waals surface area contributed by atoms with E-state index in [4.69, 9.17) is 5.11 Å². The molecule has 0 fully saturated rings. The van der Waals surface area contributed by atoms with Crippen molar-refractivity contribution in [3.8, 4) is 0 Å². The molecular formula is C11H23NO2. The molecule has 2 N–H and O–H groups in total. The number of rotatable bonds is 7. The van der Waals surface area contributed by atoms with Gasteiger partial charge in [-0.05, 0) is 26.2 Å². The van der Waals surface area contributed by atoms with Gasteiger partial charge in [0.25, 0.3) is 0 Å². The van der Waals surface area contributed by atoms with Gasteiger partial charge in [0.05, 0.1) is 0 Å². The van der Waals surface area contributed by atoms with E-state index in [1.807, 2.05) is 0 Å². The molecule has 0 heterocycles. The van der Waals surface area contributed by atoms with Gasteiger partial charge in [-0.1, -0.05) is 26.7 Å². The monoisotopic (exact) mass is 201 g/mol. The molecule has 3 heteroatoms. The van der Waals surface area contributed by atoms with Crippen molar-refractivity contribution in [2.75, 3.05) is 0 Å². The van der Waals surface area contributed by atoms with E-state index in [-0.39, 0.29) is 6.04 Å². The molecule has 14 heavy (non-hydrogen) atoms. The number of unbranched alkanes of at least 4 members (excludes halogenated alkanes) is 1. The molecule has 0 saturated carbocycles. The molecule has 0 aromatic heterocycles. The van der Waals surface area contributed by atoms with Crippen LogP contribution in [0, 0.1) is 5.92 Å². The van der Waals surface area contributed by atoms with E-state index in [0.29, 0.717) is 5.92 Å². The van der Waals surface area contributed by atoms with Gasteiger partial charge in [0.2, 0.25) is 0 Å². The van der Waals surface area contributed by atoms with Crippen LogP contribution in [0.4, 0.5) is 0 Å². The first kappa shape index (κ1) is 13.4. The van der Waals surface area contributed by atoms with Crippen LogP contribution >= 0.6 is 0 Å². The number of hydrogen-bond acceptors (Lipinski definition) is 2. The molecule has 0 aromatic rings. The second-order valence-electron chi connectivity index (χ2n) is 4.13. The van der Waals surface area contributed by atoms with Gasteiger partial charge in [-0.25, -0.2) is 0 Å². The molecule has 0 aromatic carbocycles. The first-order valence-corrected chi connectivity index (χ1v) is 5.47. The van der Waals surface area contributed by atoms with Crippen LogP contribution < -0.4 is 5.32 Å². The van der Waals surface area contributed by atoms with Crippen molar-refractivity contribution in [3.63, 3.8) is 0 Å². The quantitative estimate of drug-likeness (QED) is 0.664. The van der Waals surface area contributed by atoms with Gasteiger partial charge in [-0.15, -0.1) is 0 Å². The molecule has 3 atom stereocenters. The van der Waals surface area contributed by atoms with Gasteiger partial charge in [0.15, 0.2) is 0 Å². The molecule has 0 rings (SSSR count). The average molecular weight is 201 g/mol. The Kier molecular flexibility index (Phi) is 6.54. The summed E-state index contributed by atoms with van der Waals surface area (Å²) in [5.74, 6) is -0.240. The normalized spacial score (nSPS) is 17.4. The molecule has 0 aliphatic heterocycles. The SMILES string of the molecule is CCCCC(C)C(C)NC(C)C(=O)O. The maximum Gasteiger partial charge on any atom is 0.320 e. The van der Waals surface area contributed by atoms with Gasteiger partial charge < -0.3 is 10.4 Å². The summed E-state index contributed by atoms with van der Waals surface area (Å²) in [4.78, 5) is 10.6. The zero-order chi connectivity index (χ0) is 11.1. The molecule has 0 aliphatic rings. The second-order valence-corrected chi connectivity index (χ2v) is 4.13. The third kappa shape index (κ3) is 5.22. The second kappa shape index (κ2) is 6.82. The molecule has 3 nitrogen and oxygen atoms in total. The Bertz CT molecular complexity index is 171. The zero-order valence-electron chi connectivity index (χ0n) is 9.71. The van der Waals surface area contributed by atoms with Crippen molar-refractivity contribution in [2.45, 2.75) is 59.0 Å². The Morgan fingerprint density at radius 2 is 1.93 bits per heavy atom. The minimum absolute atomic E-state index is 0.271. The summed E-state index contributed by atoms with van der Waals surface area (Å²) in [6.45, 7) is 8.08. The van der Waals surface area contributed by atoms with Crippen molar-refractivity contribution in [1.82, 2.24) is 5.32 Å². The third-order valence-corrected chi connectivity index (χ3v) is 2.75. The van der Waals surface area contributed by atoms with Crippen molar-refractivity contribution < 1.29 is 9.90 Å². The Labute approximate surface area is 86.9 Å². The highest BCUT2D eigenvalue weighted by Crippen LogP contribution is 2.12. The highest BCUT2D eigenvalue weighted by atomic mass is 16.4. The smallest absolute Gasteiger partial charge is 0.320 e. The van der Waals surface area contributed by atoms with Crippen LogP contribution in [-0.2, 0) is 4.79 Å². The van der Waals surface area contributed by atoms with E-state index < -0.39 is 12.0 Å². The fraction of sp³-hybridized carbons (Fsp3) is 0.909. The minimum Gasteiger partial charge on any atom is -0.480 e. The van der Waals surface area contributed by atoms with E-state index in [2.05, 4.69) is 26.1 Å². The lowest BCUT2D eigenvalue weighted by molar-refractivity contribution is -0.139. The van der Waals surface area contributed by atoms with Gasteiger partial charge in [-0.2, -0.15) is 0 Å². The maximum atomic E-state index is 10.6. The van der Waals surface area contributed by atoms with Gasteiger partial charge in [0, 0.05) is 6.04 Å². The number of carboxylic acid groups (broad SMARTS) is 1. The van der Waals surface area contributed by atoms with Crippen LogP contribution in [0.3, 0.4) is 0 Å². The lowest BCUT2D eigenvalue weighted by atomic mass is 9.96. The molecule has 3 unspecified atom stereocenters. The van der Waals surface area contributed by atoms with E-state index in [1.165, 1.54) is 12.8 Å². The topological polar surface area (TPSA) is 49.3 Å². The average Bonchev–Trinajstić information content (AvgIpc) is 2.13. The minimum atomic E-state index is -0.778. The van der Waals surface area contributed by atoms with Crippen LogP contribution in [0.25, 0.3) is 0 Å². The Balaban J connectivity index is 3.81. The number of carboxylic acids is 1. The summed E-state index contributed by atoms with van der Waals surface area (Å²) >= 11 is 0. The third-order valence-electron chi connectivity index (χ3n) is 2.75. The van der Waals surface area contributed by atoms with Crippen molar-refractivity contribution in [3.05, 3.63) is 0 Å². The van der Waals surface area contributed by atoms with Crippen LogP contribution in [0.1, 0.15) is 47.0 Å². The first-order valence-electron chi connectivity index (χ1n) is 5.47. The lowest BCUT2D eigenvalue weighted by Gasteiger charge is -2.23. The van der Waals surface area contributed by atoms with Gasteiger partial charge >= 0.3 is 5.97 Å². The fourth-order valence-corrected chi connectivity index (χ4v) is 1.41. The molecule has 0 saturated heterocycles. The largest absolute Gasteiger partial charge is 0.480 e. The Hall–Kier alpha value is -0.570. The molecule has 0 amide bonds. The van der Waals surface area contributed by atoms with Crippen molar-refractivity contribution in [2.24, 2.45) is 5.92 Å². The number of hydrogen-bond donors (Lipinski definition) is 2. The van der Waals surface area contributed by atoms with E-state index in [1.54, 1.807) is 6.92 Å². The fourth-order valence-electron chi connectivity index (χ4n) is 1.41. The first-order chi connectivity index (χ1) is 6.49. The summed E-state index contributed by atoms with van der Waals surface area (Å²) in [5, 5.41) is 11.8. The van der Waals surface area contributed by atoms with Crippen LogP contribution in [0.15, 0.2) is 0 Å². The number of aliphatic carboxylic acids is 1. The standard InChI is InChI=1S/C11H23NO2/c1-5-6-7-8(2)9(3)12-10(4)11(13)14/h8-10,12H,5-7H2,1-4H3,(H,13,14). The summed E-state index contributed by atoms with van der Waals surface area (Å²) in [5.41, 5.74) is 0. The zero-order valence-corrected chi connectivity index (χ0v) is 9.71. The molecular weight excluding hydrogens is 178 g/mol. The van der Waals surface area contributed by atoms with Gasteiger partial charge in [0.1, 0.15) is 6.04 Å². The maximum absolute atomic E-state index is 10.6. The van der Waals surface area contributed by atoms with E-state index in [9.17, 15) is 4.79 Å². The highest BCUT2D eigenvalue weighted by Gasteiger charge is 2.17. The molecule has 84 valence electrons. The summed E-state index contributed by atoms with van der Waals surface area (Å²) < 4.78 is 0. The van der Waals surface area contributed by atoms with E-state index in [0.717, 1.165) is 6.42 Å².